The second-order valence-corrected chi connectivity index (χ2v) is 8.77. The van der Waals surface area contributed by atoms with Crippen molar-refractivity contribution in [2.24, 2.45) is 0 Å². The molecule has 1 saturated heterocycles. The lowest BCUT2D eigenvalue weighted by atomic mass is 10.0. The number of halogens is 7. The molecular weight excluding hydrogens is 551 g/mol. The summed E-state index contributed by atoms with van der Waals surface area (Å²) in [6.45, 7) is -1.79. The van der Waals surface area contributed by atoms with Crippen LogP contribution in [-0.2, 0) is 0 Å². The van der Waals surface area contributed by atoms with Gasteiger partial charge < -0.3 is 15.0 Å². The minimum atomic E-state index is -4.73. The highest BCUT2D eigenvalue weighted by Gasteiger charge is 2.51. The van der Waals surface area contributed by atoms with Crippen molar-refractivity contribution in [3.63, 3.8) is 0 Å². The number of amides is 1. The van der Waals surface area contributed by atoms with Crippen molar-refractivity contribution in [1.82, 2.24) is 29.6 Å². The summed E-state index contributed by atoms with van der Waals surface area (Å²) >= 11 is 0. The van der Waals surface area contributed by atoms with Gasteiger partial charge in [-0.25, -0.2) is 18.7 Å². The van der Waals surface area contributed by atoms with E-state index in [1.54, 1.807) is 19.1 Å². The van der Waals surface area contributed by atoms with Crippen LogP contribution in [0.5, 0.6) is 5.75 Å². The predicted octanol–water partition coefficient (Wildman–Crippen LogP) is 5.58. The van der Waals surface area contributed by atoms with Gasteiger partial charge in [-0.15, -0.1) is 5.10 Å². The van der Waals surface area contributed by atoms with Crippen LogP contribution in [0.1, 0.15) is 34.6 Å². The summed E-state index contributed by atoms with van der Waals surface area (Å²) < 4.78 is 99.4. The Morgan fingerprint density at radius 1 is 1.10 bits per heavy atom. The van der Waals surface area contributed by atoms with E-state index in [0.29, 0.717) is 10.6 Å². The van der Waals surface area contributed by atoms with E-state index in [4.69, 9.17) is 0 Å². The summed E-state index contributed by atoms with van der Waals surface area (Å²) in [5.41, 5.74) is -0.679. The van der Waals surface area contributed by atoms with E-state index in [1.165, 1.54) is 23.0 Å². The van der Waals surface area contributed by atoms with Crippen LogP contribution in [0.15, 0.2) is 42.7 Å². The van der Waals surface area contributed by atoms with E-state index in [2.05, 4.69) is 30.2 Å². The number of anilines is 2. The third kappa shape index (κ3) is 5.20. The van der Waals surface area contributed by atoms with Gasteiger partial charge in [0.05, 0.1) is 22.4 Å². The zero-order valence-electron chi connectivity index (χ0n) is 20.3. The molecule has 1 aliphatic heterocycles. The SMILES string of the molecule is Cc1ccc(Nc2cc3ncn(-c4ccc(C(F)F)c(C(=O)N5CCC5C(F)(F)F)n4)c3cc2OC(F)F)nn1. The molecule has 1 atom stereocenters. The number of alkyl halides is 7. The molecule has 0 aliphatic carbocycles. The topological polar surface area (TPSA) is 98.1 Å². The molecule has 3 aromatic heterocycles. The van der Waals surface area contributed by atoms with Gasteiger partial charge in [-0.05, 0) is 43.7 Å². The number of pyridine rings is 1. The van der Waals surface area contributed by atoms with Crippen molar-refractivity contribution in [3.05, 3.63) is 59.7 Å². The number of benzene rings is 1. The normalized spacial score (nSPS) is 15.6. The number of rotatable bonds is 7. The fraction of sp³-hybridized carbons (Fsp3) is 0.292. The van der Waals surface area contributed by atoms with Crippen LogP contribution in [0.25, 0.3) is 16.9 Å². The molecule has 1 aromatic carbocycles. The molecule has 16 heteroatoms. The Labute approximate surface area is 220 Å². The van der Waals surface area contributed by atoms with Crippen LogP contribution in [0.2, 0.25) is 0 Å². The first-order valence-electron chi connectivity index (χ1n) is 11.6. The maximum absolute atomic E-state index is 13.7. The zero-order chi connectivity index (χ0) is 28.8. The van der Waals surface area contributed by atoms with E-state index in [9.17, 15) is 35.5 Å². The molecule has 40 heavy (non-hydrogen) atoms. The van der Waals surface area contributed by atoms with Crippen LogP contribution in [-0.4, -0.2) is 60.9 Å². The Morgan fingerprint density at radius 3 is 2.48 bits per heavy atom. The van der Waals surface area contributed by atoms with Crippen LogP contribution in [0, 0.1) is 6.92 Å². The quantitative estimate of drug-likeness (QED) is 0.290. The van der Waals surface area contributed by atoms with E-state index in [-0.39, 0.29) is 47.1 Å². The molecule has 1 N–H and O–H groups in total. The number of fused-ring (bicyclic) bond motifs is 1. The summed E-state index contributed by atoms with van der Waals surface area (Å²) in [5.74, 6) is -1.57. The number of imidazole rings is 1. The number of aromatic nitrogens is 5. The van der Waals surface area contributed by atoms with Crippen molar-refractivity contribution >= 4 is 28.4 Å². The minimum Gasteiger partial charge on any atom is -0.433 e. The second-order valence-electron chi connectivity index (χ2n) is 8.77. The maximum Gasteiger partial charge on any atom is 0.408 e. The highest BCUT2D eigenvalue weighted by atomic mass is 19.4. The molecule has 5 rings (SSSR count). The fourth-order valence-corrected chi connectivity index (χ4v) is 4.16. The molecule has 9 nitrogen and oxygen atoms in total. The van der Waals surface area contributed by atoms with Crippen molar-refractivity contribution in [2.75, 3.05) is 11.9 Å². The molecule has 0 spiro atoms. The van der Waals surface area contributed by atoms with E-state index in [0.717, 1.165) is 12.1 Å². The summed E-state index contributed by atoms with van der Waals surface area (Å²) in [6.07, 6.45) is -7.10. The maximum atomic E-state index is 13.7. The van der Waals surface area contributed by atoms with E-state index >= 15 is 0 Å². The third-order valence-corrected chi connectivity index (χ3v) is 6.18. The van der Waals surface area contributed by atoms with Crippen molar-refractivity contribution < 1.29 is 40.3 Å². The average Bonchev–Trinajstić information content (AvgIpc) is 3.25. The van der Waals surface area contributed by atoms with Crippen LogP contribution < -0.4 is 10.1 Å². The first-order valence-corrected chi connectivity index (χ1v) is 11.6. The first kappa shape index (κ1) is 27.1. The highest BCUT2D eigenvalue weighted by Crippen LogP contribution is 2.37. The number of nitrogens with one attached hydrogen (secondary N) is 1. The zero-order valence-corrected chi connectivity index (χ0v) is 20.3. The lowest BCUT2D eigenvalue weighted by Gasteiger charge is -2.41. The molecule has 0 bridgehead atoms. The Morgan fingerprint density at radius 2 is 1.88 bits per heavy atom. The molecule has 4 aromatic rings. The van der Waals surface area contributed by atoms with Gasteiger partial charge in [0.15, 0.2) is 11.6 Å². The van der Waals surface area contributed by atoms with Crippen molar-refractivity contribution in [3.8, 4) is 11.6 Å². The van der Waals surface area contributed by atoms with Crippen molar-refractivity contribution in [1.29, 1.82) is 0 Å². The summed E-state index contributed by atoms with van der Waals surface area (Å²) in [6, 6.07) is 5.61. The minimum absolute atomic E-state index is 0.0593. The summed E-state index contributed by atoms with van der Waals surface area (Å²) in [7, 11) is 0. The number of carbonyl (C=O) groups excluding carboxylic acids is 1. The van der Waals surface area contributed by atoms with Crippen LogP contribution in [0.4, 0.5) is 42.2 Å². The Hall–Kier alpha value is -4.50. The Balaban J connectivity index is 1.56. The third-order valence-electron chi connectivity index (χ3n) is 6.18. The lowest BCUT2D eigenvalue weighted by Crippen LogP contribution is -2.58. The number of hydrogen-bond acceptors (Lipinski definition) is 7. The van der Waals surface area contributed by atoms with Gasteiger partial charge in [0, 0.05) is 18.2 Å². The monoisotopic (exact) mass is 569 g/mol. The number of nitrogens with zero attached hydrogens (tertiary/aromatic N) is 6. The largest absolute Gasteiger partial charge is 0.433 e. The second kappa shape index (κ2) is 10.2. The summed E-state index contributed by atoms with van der Waals surface area (Å²) in [5, 5.41) is 10.6. The van der Waals surface area contributed by atoms with Crippen LogP contribution in [0.3, 0.4) is 0 Å². The molecule has 4 heterocycles. The number of hydrogen-bond donors (Lipinski definition) is 1. The Bertz CT molecular complexity index is 1560. The molecule has 210 valence electrons. The smallest absolute Gasteiger partial charge is 0.408 e. The number of aryl methyl sites for hydroxylation is 1. The van der Waals surface area contributed by atoms with Gasteiger partial charge in [0.1, 0.15) is 23.9 Å². The number of carbonyl (C=O) groups is 1. The van der Waals surface area contributed by atoms with Gasteiger partial charge in [0.2, 0.25) is 0 Å². The lowest BCUT2D eigenvalue weighted by molar-refractivity contribution is -0.199. The predicted molar refractivity (Wildman–Crippen MR) is 126 cm³/mol. The molecule has 1 fully saturated rings. The van der Waals surface area contributed by atoms with Gasteiger partial charge in [-0.2, -0.15) is 27.1 Å². The average molecular weight is 569 g/mol. The Kier molecular flexibility index (Phi) is 6.93. The van der Waals surface area contributed by atoms with Gasteiger partial charge in [0.25, 0.3) is 12.3 Å². The highest BCUT2D eigenvalue weighted by molar-refractivity contribution is 5.95. The molecule has 1 amide bonds. The molecule has 1 unspecified atom stereocenters. The fourth-order valence-electron chi connectivity index (χ4n) is 4.16. The number of likely N-dealkylation sites (tertiary alicyclic amines) is 1. The molecular formula is C24H18F7N7O2. The first-order chi connectivity index (χ1) is 18.9. The van der Waals surface area contributed by atoms with Gasteiger partial charge in [-0.3, -0.25) is 9.36 Å². The van der Waals surface area contributed by atoms with Crippen LogP contribution >= 0.6 is 0 Å². The van der Waals surface area contributed by atoms with Crippen molar-refractivity contribution in [2.45, 2.75) is 38.6 Å². The van der Waals surface area contributed by atoms with E-state index in [1.807, 2.05) is 0 Å². The summed E-state index contributed by atoms with van der Waals surface area (Å²) in [4.78, 5) is 21.5. The van der Waals surface area contributed by atoms with Gasteiger partial charge >= 0.3 is 12.8 Å². The molecule has 0 radical (unpaired) electrons. The number of ether oxygens (including phenoxy) is 1. The van der Waals surface area contributed by atoms with E-state index < -0.39 is 42.4 Å². The standard InChI is InChI=1S/C24H18F7N7O2/c1-11-2-4-18(36-35-11)33-14-8-13-15(9-16(14)40-23(27)28)38(10-32-13)19-5-3-12(21(25)26)20(34-19)22(39)37-7-6-17(37)24(29,30)31/h2-5,8-10,17,21,23H,6-7H2,1H3,(H,33,36). The van der Waals surface area contributed by atoms with Gasteiger partial charge in [-0.1, -0.05) is 0 Å². The molecule has 0 saturated carbocycles. The molecule has 1 aliphatic rings.